The van der Waals surface area contributed by atoms with Crippen molar-refractivity contribution < 1.29 is 15.3 Å². The van der Waals surface area contributed by atoms with Gasteiger partial charge >= 0.3 is 0 Å². The van der Waals surface area contributed by atoms with Crippen LogP contribution in [0.2, 0.25) is 0 Å². The Morgan fingerprint density at radius 3 is 2.00 bits per heavy atom. The zero-order valence-corrected chi connectivity index (χ0v) is 5.67. The molecule has 4 heteroatoms. The summed E-state index contributed by atoms with van der Waals surface area (Å²) in [5, 5.41) is 24.9. The molecule has 0 saturated heterocycles. The molecular formula is C4H7BrO3. The lowest BCUT2D eigenvalue weighted by Crippen LogP contribution is -2.23. The van der Waals surface area contributed by atoms with E-state index in [-0.39, 0.29) is 0 Å². The maximum absolute atomic E-state index is 8.15. The van der Waals surface area contributed by atoms with Gasteiger partial charge in [0.15, 0.2) is 0 Å². The average Bonchev–Trinajstić information content (AvgIpc) is 1.59. The fraction of sp³-hybridized carbons (Fsp3) is 0.500. The van der Waals surface area contributed by atoms with Crippen LogP contribution in [0.5, 0.6) is 0 Å². The van der Waals surface area contributed by atoms with E-state index in [9.17, 15) is 0 Å². The number of alkyl halides is 1. The number of hydrogen-bond acceptors (Lipinski definition) is 3. The van der Waals surface area contributed by atoms with Crippen LogP contribution in [-0.4, -0.2) is 26.6 Å². The van der Waals surface area contributed by atoms with E-state index in [0.717, 1.165) is 6.08 Å². The van der Waals surface area contributed by atoms with Crippen molar-refractivity contribution >= 4 is 15.9 Å². The zero-order valence-electron chi connectivity index (χ0n) is 4.08. The Morgan fingerprint density at radius 2 is 1.88 bits per heavy atom. The summed E-state index contributed by atoms with van der Waals surface area (Å²) in [5.41, 5.74) is 0. The quantitative estimate of drug-likeness (QED) is 0.309. The molecule has 0 atom stereocenters. The number of hydrogen-bond donors (Lipinski definition) is 3. The van der Waals surface area contributed by atoms with E-state index in [4.69, 9.17) is 15.3 Å². The lowest BCUT2D eigenvalue weighted by molar-refractivity contribution is -0.273. The fourth-order valence-corrected chi connectivity index (χ4v) is 0.390. The van der Waals surface area contributed by atoms with Crippen LogP contribution in [0, 0.1) is 0 Å². The topological polar surface area (TPSA) is 60.7 Å². The van der Waals surface area contributed by atoms with Gasteiger partial charge in [0.2, 0.25) is 0 Å². The van der Waals surface area contributed by atoms with Gasteiger partial charge in [0.25, 0.3) is 5.97 Å². The van der Waals surface area contributed by atoms with E-state index in [1.165, 1.54) is 6.08 Å². The van der Waals surface area contributed by atoms with Gasteiger partial charge in [-0.1, -0.05) is 22.0 Å². The molecule has 0 saturated carbocycles. The summed E-state index contributed by atoms with van der Waals surface area (Å²) in [7, 11) is 0. The molecule has 0 aliphatic carbocycles. The predicted molar refractivity (Wildman–Crippen MR) is 32.3 cm³/mol. The van der Waals surface area contributed by atoms with E-state index >= 15 is 0 Å². The van der Waals surface area contributed by atoms with E-state index in [1.807, 2.05) is 0 Å². The van der Waals surface area contributed by atoms with E-state index in [2.05, 4.69) is 15.9 Å². The van der Waals surface area contributed by atoms with Crippen molar-refractivity contribution in [1.82, 2.24) is 0 Å². The first-order valence-electron chi connectivity index (χ1n) is 1.97. The third-order valence-corrected chi connectivity index (χ3v) is 0.804. The molecule has 0 aliphatic heterocycles. The maximum atomic E-state index is 8.15. The second-order valence-corrected chi connectivity index (χ2v) is 1.89. The van der Waals surface area contributed by atoms with Crippen LogP contribution in [-0.2, 0) is 0 Å². The monoisotopic (exact) mass is 182 g/mol. The summed E-state index contributed by atoms with van der Waals surface area (Å²) in [6, 6.07) is 0. The number of rotatable bonds is 2. The van der Waals surface area contributed by atoms with Gasteiger partial charge in [0.05, 0.1) is 0 Å². The maximum Gasteiger partial charge on any atom is 0.297 e. The van der Waals surface area contributed by atoms with Crippen molar-refractivity contribution in [1.29, 1.82) is 0 Å². The van der Waals surface area contributed by atoms with Crippen molar-refractivity contribution in [3.8, 4) is 0 Å². The molecule has 48 valence electrons. The largest absolute Gasteiger partial charge is 0.340 e. The summed E-state index contributed by atoms with van der Waals surface area (Å²) in [6.45, 7) is 0. The van der Waals surface area contributed by atoms with Crippen LogP contribution in [0.1, 0.15) is 0 Å². The molecule has 0 heterocycles. The molecule has 0 aromatic carbocycles. The average molecular weight is 183 g/mol. The van der Waals surface area contributed by atoms with Crippen LogP contribution in [0.25, 0.3) is 0 Å². The van der Waals surface area contributed by atoms with Crippen LogP contribution in [0.15, 0.2) is 12.2 Å². The summed E-state index contributed by atoms with van der Waals surface area (Å²) >= 11 is 2.98. The Morgan fingerprint density at radius 1 is 1.38 bits per heavy atom. The van der Waals surface area contributed by atoms with Gasteiger partial charge in [-0.25, -0.2) is 0 Å². The molecule has 0 unspecified atom stereocenters. The molecule has 3 nitrogen and oxygen atoms in total. The lowest BCUT2D eigenvalue weighted by Gasteiger charge is -2.05. The molecule has 0 spiro atoms. The van der Waals surface area contributed by atoms with E-state index in [1.54, 1.807) is 0 Å². The highest BCUT2D eigenvalue weighted by molar-refractivity contribution is 9.09. The highest BCUT2D eigenvalue weighted by Gasteiger charge is 2.10. The van der Waals surface area contributed by atoms with Crippen LogP contribution < -0.4 is 0 Å². The molecule has 0 amide bonds. The van der Waals surface area contributed by atoms with Crippen molar-refractivity contribution in [3.63, 3.8) is 0 Å². The molecular weight excluding hydrogens is 176 g/mol. The minimum atomic E-state index is -2.66. The van der Waals surface area contributed by atoms with Gasteiger partial charge < -0.3 is 15.3 Å². The minimum absolute atomic E-state index is 0.483. The molecule has 0 aliphatic rings. The zero-order chi connectivity index (χ0) is 6.62. The molecule has 0 fully saturated rings. The third kappa shape index (κ3) is 6.10. The summed E-state index contributed by atoms with van der Waals surface area (Å²) in [6.07, 6.45) is 2.24. The second kappa shape index (κ2) is 3.19. The van der Waals surface area contributed by atoms with Gasteiger partial charge in [-0.05, 0) is 0 Å². The Balaban J connectivity index is 3.52. The van der Waals surface area contributed by atoms with E-state index in [0.29, 0.717) is 5.33 Å². The van der Waals surface area contributed by atoms with Crippen molar-refractivity contribution in [3.05, 3.63) is 12.2 Å². The van der Waals surface area contributed by atoms with Gasteiger partial charge in [0, 0.05) is 11.4 Å². The van der Waals surface area contributed by atoms with Crippen molar-refractivity contribution in [2.75, 3.05) is 5.33 Å². The Kier molecular flexibility index (Phi) is 3.23. The first-order valence-corrected chi connectivity index (χ1v) is 3.09. The molecule has 0 bridgehead atoms. The minimum Gasteiger partial charge on any atom is -0.340 e. The Hall–Kier alpha value is 0.100. The highest BCUT2D eigenvalue weighted by Crippen LogP contribution is 1.94. The third-order valence-electron chi connectivity index (χ3n) is 0.431. The van der Waals surface area contributed by atoms with E-state index < -0.39 is 5.97 Å². The Labute approximate surface area is 55.4 Å². The first-order chi connectivity index (χ1) is 3.56. The molecule has 0 rings (SSSR count). The van der Waals surface area contributed by atoms with Crippen molar-refractivity contribution in [2.24, 2.45) is 0 Å². The summed E-state index contributed by atoms with van der Waals surface area (Å²) in [4.78, 5) is 0. The van der Waals surface area contributed by atoms with Gasteiger partial charge in [-0.3, -0.25) is 0 Å². The second-order valence-electron chi connectivity index (χ2n) is 1.24. The van der Waals surface area contributed by atoms with Crippen LogP contribution in [0.4, 0.5) is 0 Å². The SMILES string of the molecule is OC(O)(O)C=CCBr. The first kappa shape index (κ1) is 8.10. The van der Waals surface area contributed by atoms with Gasteiger partial charge in [-0.15, -0.1) is 0 Å². The molecule has 0 radical (unpaired) electrons. The Bertz CT molecular complexity index is 83.8. The lowest BCUT2D eigenvalue weighted by atomic mass is 10.5. The molecule has 0 aromatic rings. The molecule has 8 heavy (non-hydrogen) atoms. The normalized spacial score (nSPS) is 13.0. The molecule has 3 N–H and O–H groups in total. The number of halogens is 1. The standard InChI is InChI=1S/C4H7BrO3/c5-3-1-2-4(6,7)8/h1-2,6-8H,3H2. The van der Waals surface area contributed by atoms with Crippen LogP contribution >= 0.6 is 15.9 Å². The fourth-order valence-electron chi connectivity index (χ4n) is 0.203. The molecule has 0 aromatic heterocycles. The number of aliphatic hydroxyl groups is 3. The predicted octanol–water partition coefficient (Wildman–Crippen LogP) is -0.432. The van der Waals surface area contributed by atoms with Crippen LogP contribution in [0.3, 0.4) is 0 Å². The smallest absolute Gasteiger partial charge is 0.297 e. The van der Waals surface area contributed by atoms with Gasteiger partial charge in [0.1, 0.15) is 0 Å². The van der Waals surface area contributed by atoms with Crippen molar-refractivity contribution in [2.45, 2.75) is 5.97 Å². The summed E-state index contributed by atoms with van der Waals surface area (Å²) in [5.74, 6) is -2.66. The summed E-state index contributed by atoms with van der Waals surface area (Å²) < 4.78 is 0. The highest BCUT2D eigenvalue weighted by atomic mass is 79.9. The number of allylic oxidation sites excluding steroid dienone is 1. The van der Waals surface area contributed by atoms with Gasteiger partial charge in [-0.2, -0.15) is 0 Å².